The number of aromatic nitrogens is 4. The number of nitrogens with one attached hydrogen (secondary N) is 1. The third-order valence-corrected chi connectivity index (χ3v) is 6.48. The maximum atomic E-state index is 12.2. The van der Waals surface area contributed by atoms with Crippen LogP contribution in [0, 0.1) is 13.8 Å². The van der Waals surface area contributed by atoms with Crippen molar-refractivity contribution in [3.8, 4) is 11.5 Å². The zero-order valence-electron chi connectivity index (χ0n) is 18.7. The van der Waals surface area contributed by atoms with Crippen LogP contribution >= 0.6 is 15.6 Å². The summed E-state index contributed by atoms with van der Waals surface area (Å²) in [6, 6.07) is 3.53. The summed E-state index contributed by atoms with van der Waals surface area (Å²) in [5, 5.41) is 38.8. The van der Waals surface area contributed by atoms with Crippen LogP contribution in [0.15, 0.2) is 21.7 Å². The van der Waals surface area contributed by atoms with Crippen LogP contribution in [0.4, 0.5) is 0 Å². The van der Waals surface area contributed by atoms with Crippen molar-refractivity contribution in [1.29, 1.82) is 0 Å². The average Bonchev–Trinajstić information content (AvgIpc) is 2.72. The van der Waals surface area contributed by atoms with E-state index in [1.54, 1.807) is 12.1 Å². The molecule has 0 fully saturated rings. The van der Waals surface area contributed by atoms with Gasteiger partial charge in [0.2, 0.25) is 0 Å². The van der Waals surface area contributed by atoms with Crippen LogP contribution in [0.5, 0.6) is 0 Å². The highest BCUT2D eigenvalue weighted by Gasteiger charge is 2.28. The first-order chi connectivity index (χ1) is 16.4. The van der Waals surface area contributed by atoms with Gasteiger partial charge in [0.1, 0.15) is 18.3 Å². The molecule has 1 aromatic rings. The minimum atomic E-state index is -5.05. The topological polar surface area (TPSA) is 286 Å². The van der Waals surface area contributed by atoms with Gasteiger partial charge in [-0.15, -0.1) is 0 Å². The highest BCUT2D eigenvalue weighted by atomic mass is 31.3. The molecule has 0 aliphatic carbocycles. The second-order valence-electron chi connectivity index (χ2n) is 7.56. The fourth-order valence-electron chi connectivity index (χ4n) is 3.03. The first-order valence-electron chi connectivity index (χ1n) is 9.83. The van der Waals surface area contributed by atoms with Crippen LogP contribution in [-0.2, 0) is 20.0 Å². The fraction of sp³-hybridized carbons (Fsp3) is 0.412. The number of rotatable bonds is 7. The zero-order chi connectivity index (χ0) is 27.6. The van der Waals surface area contributed by atoms with Crippen LogP contribution < -0.4 is 11.2 Å². The number of fused-ring (bicyclic) bond motifs is 2. The van der Waals surface area contributed by atoms with Crippen LogP contribution in [0.1, 0.15) is 11.1 Å². The van der Waals surface area contributed by atoms with E-state index >= 15 is 0 Å². The van der Waals surface area contributed by atoms with E-state index in [1.807, 2.05) is 13.8 Å². The lowest BCUT2D eigenvalue weighted by Gasteiger charge is -2.25. The predicted molar refractivity (Wildman–Crippen MR) is 121 cm³/mol. The summed E-state index contributed by atoms with van der Waals surface area (Å²) in [6.45, 7) is 2.73. The standard InChI is InChI=1S/C17H20N4O6.H4O7P2/c1-7-3-9-10(4-8(7)2)21(5-11(23)14(25)12(24)6-22)15-13(18-9)16(26)20-17(27)19-15;1-8(2,3)7-9(4,5)6/h3-4,11-12,14,22-25H,5-6H2,1-2H3,(H,20,26,27);(H2,1,2,3)(H2,4,5,6)/t11-,12+,14-;/m0./s1. The van der Waals surface area contributed by atoms with Crippen LogP contribution in [0.2, 0.25) is 0 Å². The molecule has 0 unspecified atom stereocenters. The monoisotopic (exact) mass is 554 g/mol. The quantitative estimate of drug-likeness (QED) is 0.107. The second-order valence-corrected chi connectivity index (χ2v) is 10.2. The maximum Gasteiger partial charge on any atom is 0.478 e. The van der Waals surface area contributed by atoms with E-state index in [2.05, 4.69) is 19.3 Å². The molecule has 3 atom stereocenters. The Morgan fingerprint density at radius 1 is 0.972 bits per heavy atom. The van der Waals surface area contributed by atoms with Gasteiger partial charge in [0.15, 0.2) is 11.5 Å². The lowest BCUT2D eigenvalue weighted by molar-refractivity contribution is -0.0802. The number of aliphatic hydroxyl groups is 4. The largest absolute Gasteiger partial charge is 0.478 e. The maximum absolute atomic E-state index is 12.2. The number of aliphatic hydroxyl groups excluding tert-OH is 4. The molecule has 0 aromatic heterocycles. The Labute approximate surface area is 201 Å². The summed E-state index contributed by atoms with van der Waals surface area (Å²) in [5.41, 5.74) is 1.11. The SMILES string of the molecule is Cc1cc2nc3c(=O)[nH]c(=O)nc-3n(C[C@H](O)[C@H](O)[C@H](O)CO)c2cc1C.O=P(O)(O)OP(=O)(O)O. The average molecular weight is 554 g/mol. The molecular formula is C17H24N4O13P2. The van der Waals surface area contributed by atoms with Gasteiger partial charge in [-0.05, 0) is 37.1 Å². The third-order valence-electron chi connectivity index (χ3n) is 4.78. The highest BCUT2D eigenvalue weighted by molar-refractivity contribution is 7.60. The van der Waals surface area contributed by atoms with Gasteiger partial charge < -0.3 is 44.6 Å². The van der Waals surface area contributed by atoms with E-state index in [1.165, 1.54) is 4.57 Å². The first kappa shape index (κ1) is 29.8. The molecule has 0 amide bonds. The molecule has 19 heteroatoms. The number of aryl methyl sites for hydroxylation is 2. The molecule has 0 spiro atoms. The Balaban J connectivity index is 0.000000434. The molecule has 200 valence electrons. The van der Waals surface area contributed by atoms with Crippen molar-refractivity contribution >= 4 is 26.7 Å². The first-order valence-corrected chi connectivity index (χ1v) is 12.9. The van der Waals surface area contributed by atoms with Gasteiger partial charge in [-0.2, -0.15) is 9.29 Å². The van der Waals surface area contributed by atoms with Gasteiger partial charge in [0, 0.05) is 0 Å². The third kappa shape index (κ3) is 7.80. The summed E-state index contributed by atoms with van der Waals surface area (Å²) in [6.07, 6.45) is -4.68. The number of aromatic amines is 1. The number of phosphoric acid groups is 2. The molecule has 2 aliphatic rings. The van der Waals surface area contributed by atoms with Gasteiger partial charge in [-0.1, -0.05) is 0 Å². The van der Waals surface area contributed by atoms with E-state index in [0.717, 1.165) is 11.1 Å². The molecular weight excluding hydrogens is 530 g/mol. The predicted octanol–water partition coefficient (Wildman–Crippen LogP) is -2.54. The van der Waals surface area contributed by atoms with E-state index in [0.29, 0.717) is 11.0 Å². The van der Waals surface area contributed by atoms with E-state index in [4.69, 9.17) is 24.7 Å². The Morgan fingerprint density at radius 2 is 1.53 bits per heavy atom. The summed E-state index contributed by atoms with van der Waals surface area (Å²) in [4.78, 5) is 65.0. The summed E-state index contributed by atoms with van der Waals surface area (Å²) >= 11 is 0. The molecule has 36 heavy (non-hydrogen) atoms. The number of H-pyrrole nitrogens is 1. The number of hydrogen-bond donors (Lipinski definition) is 9. The molecule has 0 saturated carbocycles. The van der Waals surface area contributed by atoms with E-state index in [-0.39, 0.29) is 18.1 Å². The van der Waals surface area contributed by atoms with Crippen molar-refractivity contribution in [2.45, 2.75) is 38.7 Å². The van der Waals surface area contributed by atoms with Gasteiger partial charge in [0.05, 0.1) is 24.2 Å². The van der Waals surface area contributed by atoms with Crippen molar-refractivity contribution in [2.75, 3.05) is 6.61 Å². The molecule has 0 saturated heterocycles. The van der Waals surface area contributed by atoms with Gasteiger partial charge >= 0.3 is 21.3 Å². The lowest BCUT2D eigenvalue weighted by Crippen LogP contribution is -2.42. The minimum absolute atomic E-state index is 0.0516. The van der Waals surface area contributed by atoms with E-state index in [9.17, 15) is 34.0 Å². The van der Waals surface area contributed by atoms with E-state index < -0.39 is 51.8 Å². The Morgan fingerprint density at radius 3 is 2.03 bits per heavy atom. The fourth-order valence-corrected chi connectivity index (χ4v) is 4.14. The van der Waals surface area contributed by atoms with Gasteiger partial charge in [-0.3, -0.25) is 9.78 Å². The smallest absolute Gasteiger partial charge is 0.394 e. The molecule has 1 aromatic carbocycles. The van der Waals surface area contributed by atoms with Crippen molar-refractivity contribution in [1.82, 2.24) is 19.5 Å². The van der Waals surface area contributed by atoms with Crippen LogP contribution in [-0.4, -0.2) is 84.4 Å². The number of benzene rings is 1. The summed E-state index contributed by atoms with van der Waals surface area (Å²) in [7, 11) is -10.1. The Kier molecular flexibility index (Phi) is 9.39. The van der Waals surface area contributed by atoms with Crippen molar-refractivity contribution < 1.29 is 53.4 Å². The normalized spacial score (nSPS) is 14.8. The number of hydrogen-bond acceptors (Lipinski definition) is 11. The molecule has 3 rings (SSSR count). The zero-order valence-corrected chi connectivity index (χ0v) is 20.4. The molecule has 9 N–H and O–H groups in total. The van der Waals surface area contributed by atoms with Crippen molar-refractivity contribution in [2.24, 2.45) is 0 Å². The molecule has 0 bridgehead atoms. The lowest BCUT2D eigenvalue weighted by atomic mass is 10.1. The summed E-state index contributed by atoms with van der Waals surface area (Å²) in [5.74, 6) is -0.0516. The molecule has 0 radical (unpaired) electrons. The molecule has 17 nitrogen and oxygen atoms in total. The second kappa shape index (κ2) is 11.3. The molecule has 2 aliphatic heterocycles. The minimum Gasteiger partial charge on any atom is -0.394 e. The highest BCUT2D eigenvalue weighted by Crippen LogP contribution is 2.53. The Hall–Kier alpha value is -2.40. The van der Waals surface area contributed by atoms with Crippen LogP contribution in [0.3, 0.4) is 0 Å². The molecule has 2 heterocycles. The van der Waals surface area contributed by atoms with Crippen molar-refractivity contribution in [3.63, 3.8) is 0 Å². The summed E-state index contributed by atoms with van der Waals surface area (Å²) < 4.78 is 23.6. The van der Waals surface area contributed by atoms with Gasteiger partial charge in [0.25, 0.3) is 5.56 Å². The van der Waals surface area contributed by atoms with Crippen LogP contribution in [0.25, 0.3) is 22.6 Å². The van der Waals surface area contributed by atoms with Crippen molar-refractivity contribution in [3.05, 3.63) is 44.1 Å². The Bertz CT molecular complexity index is 1390. The number of nitrogens with zero attached hydrogens (tertiary/aromatic N) is 3. The van der Waals surface area contributed by atoms with Gasteiger partial charge in [-0.25, -0.2) is 18.9 Å².